The molecule has 0 aromatic carbocycles. The highest BCUT2D eigenvalue weighted by Crippen LogP contribution is 2.16. The lowest BCUT2D eigenvalue weighted by atomic mass is 10.1. The maximum atomic E-state index is 12.2. The Balaban J connectivity index is 1.86. The topological polar surface area (TPSA) is 31.2 Å². The van der Waals surface area contributed by atoms with E-state index >= 15 is 0 Å². The predicted molar refractivity (Wildman–Crippen MR) is 82.8 cm³/mol. The van der Waals surface area contributed by atoms with Gasteiger partial charge < -0.3 is 9.30 Å². The van der Waals surface area contributed by atoms with Crippen LogP contribution in [0.4, 0.5) is 0 Å². The SMILES string of the molecule is CCn1c(C)cc(C(=O)COCCc2cccs2)c1C. The first-order valence-electron chi connectivity index (χ1n) is 6.93. The Hall–Kier alpha value is -1.39. The van der Waals surface area contributed by atoms with Crippen molar-refractivity contribution in [3.8, 4) is 0 Å². The minimum absolute atomic E-state index is 0.0731. The summed E-state index contributed by atoms with van der Waals surface area (Å²) in [6.07, 6.45) is 0.874. The summed E-state index contributed by atoms with van der Waals surface area (Å²) < 4.78 is 7.66. The second-order valence-corrected chi connectivity index (χ2v) is 5.87. The van der Waals surface area contributed by atoms with Gasteiger partial charge in [0, 0.05) is 34.8 Å². The van der Waals surface area contributed by atoms with E-state index in [4.69, 9.17) is 4.74 Å². The molecule has 0 saturated heterocycles. The number of ether oxygens (including phenoxy) is 1. The van der Waals surface area contributed by atoms with E-state index in [1.54, 1.807) is 11.3 Å². The molecule has 108 valence electrons. The number of aromatic nitrogens is 1. The normalized spacial score (nSPS) is 10.9. The van der Waals surface area contributed by atoms with E-state index in [2.05, 4.69) is 22.9 Å². The summed E-state index contributed by atoms with van der Waals surface area (Å²) in [5.41, 5.74) is 2.96. The molecule has 0 radical (unpaired) electrons. The van der Waals surface area contributed by atoms with Crippen LogP contribution in [-0.4, -0.2) is 23.6 Å². The molecule has 0 unspecified atom stereocenters. The molecule has 3 nitrogen and oxygen atoms in total. The van der Waals surface area contributed by atoms with E-state index in [1.165, 1.54) is 4.88 Å². The zero-order valence-corrected chi connectivity index (χ0v) is 13.1. The van der Waals surface area contributed by atoms with Gasteiger partial charge in [0.2, 0.25) is 0 Å². The quantitative estimate of drug-likeness (QED) is 0.576. The monoisotopic (exact) mass is 291 g/mol. The first-order valence-corrected chi connectivity index (χ1v) is 7.81. The zero-order chi connectivity index (χ0) is 14.5. The van der Waals surface area contributed by atoms with Gasteiger partial charge in [0.1, 0.15) is 6.61 Å². The summed E-state index contributed by atoms with van der Waals surface area (Å²) in [5.74, 6) is 0.0731. The van der Waals surface area contributed by atoms with Crippen LogP contribution in [0.5, 0.6) is 0 Å². The highest BCUT2D eigenvalue weighted by molar-refractivity contribution is 7.09. The van der Waals surface area contributed by atoms with E-state index in [-0.39, 0.29) is 12.4 Å². The number of ketones is 1. The summed E-state index contributed by atoms with van der Waals surface area (Å²) in [4.78, 5) is 13.5. The number of carbonyl (C=O) groups is 1. The summed E-state index contributed by atoms with van der Waals surface area (Å²) in [6, 6.07) is 6.08. The predicted octanol–water partition coefficient (Wildman–Crippen LogP) is 3.63. The largest absolute Gasteiger partial charge is 0.373 e. The average molecular weight is 291 g/mol. The molecule has 2 heterocycles. The molecule has 2 aromatic heterocycles. The highest BCUT2D eigenvalue weighted by atomic mass is 32.1. The van der Waals surface area contributed by atoms with E-state index in [1.807, 2.05) is 26.0 Å². The standard InChI is InChI=1S/C16H21NO2S/c1-4-17-12(2)10-15(13(17)3)16(18)11-19-8-7-14-6-5-9-20-14/h5-6,9-10H,4,7-8,11H2,1-3H3. The fourth-order valence-electron chi connectivity index (χ4n) is 2.44. The number of rotatable bonds is 7. The molecule has 2 rings (SSSR count). The third-order valence-corrected chi connectivity index (χ3v) is 4.43. The van der Waals surface area contributed by atoms with Gasteiger partial charge in [-0.05, 0) is 38.3 Å². The Morgan fingerprint density at radius 2 is 2.20 bits per heavy atom. The molecule has 0 aliphatic rings. The fourth-order valence-corrected chi connectivity index (χ4v) is 3.13. The van der Waals surface area contributed by atoms with Crippen molar-refractivity contribution in [2.75, 3.05) is 13.2 Å². The van der Waals surface area contributed by atoms with Crippen LogP contribution in [0.2, 0.25) is 0 Å². The summed E-state index contributed by atoms with van der Waals surface area (Å²) in [6.45, 7) is 7.77. The molecule has 0 N–H and O–H groups in total. The first-order chi connectivity index (χ1) is 9.63. The molecule has 4 heteroatoms. The second-order valence-electron chi connectivity index (χ2n) is 4.83. The molecular weight excluding hydrogens is 270 g/mol. The lowest BCUT2D eigenvalue weighted by Crippen LogP contribution is -2.12. The van der Waals surface area contributed by atoms with Crippen molar-refractivity contribution in [1.82, 2.24) is 4.57 Å². The smallest absolute Gasteiger partial charge is 0.190 e. The van der Waals surface area contributed by atoms with Crippen molar-refractivity contribution in [1.29, 1.82) is 0 Å². The molecule has 0 aliphatic heterocycles. The van der Waals surface area contributed by atoms with Gasteiger partial charge in [0.15, 0.2) is 5.78 Å². The number of aryl methyl sites for hydroxylation is 1. The van der Waals surface area contributed by atoms with Gasteiger partial charge in [-0.3, -0.25) is 4.79 Å². The first kappa shape index (κ1) is 15.0. The minimum Gasteiger partial charge on any atom is -0.373 e. The number of hydrogen-bond acceptors (Lipinski definition) is 3. The third kappa shape index (κ3) is 3.38. The lowest BCUT2D eigenvalue weighted by Gasteiger charge is -2.06. The van der Waals surface area contributed by atoms with Gasteiger partial charge in [-0.1, -0.05) is 6.07 Å². The van der Waals surface area contributed by atoms with Crippen LogP contribution in [0.15, 0.2) is 23.6 Å². The van der Waals surface area contributed by atoms with Gasteiger partial charge in [-0.25, -0.2) is 0 Å². The van der Waals surface area contributed by atoms with Crippen molar-refractivity contribution in [3.63, 3.8) is 0 Å². The van der Waals surface area contributed by atoms with Gasteiger partial charge >= 0.3 is 0 Å². The lowest BCUT2D eigenvalue weighted by molar-refractivity contribution is 0.0765. The zero-order valence-electron chi connectivity index (χ0n) is 12.3. The summed E-state index contributed by atoms with van der Waals surface area (Å²) >= 11 is 1.72. The molecule has 0 fully saturated rings. The van der Waals surface area contributed by atoms with E-state index in [0.717, 1.165) is 29.9 Å². The van der Waals surface area contributed by atoms with Gasteiger partial charge in [-0.15, -0.1) is 11.3 Å². The molecule has 20 heavy (non-hydrogen) atoms. The number of thiophene rings is 1. The van der Waals surface area contributed by atoms with Crippen LogP contribution in [0.25, 0.3) is 0 Å². The molecular formula is C16H21NO2S. The Morgan fingerprint density at radius 3 is 2.80 bits per heavy atom. The molecule has 0 spiro atoms. The number of nitrogens with zero attached hydrogens (tertiary/aromatic N) is 1. The molecule has 0 aliphatic carbocycles. The van der Waals surface area contributed by atoms with Crippen LogP contribution in [0, 0.1) is 13.8 Å². The highest BCUT2D eigenvalue weighted by Gasteiger charge is 2.14. The van der Waals surface area contributed by atoms with Crippen LogP contribution in [-0.2, 0) is 17.7 Å². The van der Waals surface area contributed by atoms with Gasteiger partial charge in [0.25, 0.3) is 0 Å². The summed E-state index contributed by atoms with van der Waals surface area (Å²) in [5, 5.41) is 2.06. The van der Waals surface area contributed by atoms with Crippen LogP contribution in [0.3, 0.4) is 0 Å². The van der Waals surface area contributed by atoms with Crippen LogP contribution >= 0.6 is 11.3 Å². The molecule has 0 amide bonds. The van der Waals surface area contributed by atoms with Crippen molar-refractivity contribution in [2.24, 2.45) is 0 Å². The Labute approximate surface area is 124 Å². The fraction of sp³-hybridized carbons (Fsp3) is 0.438. The Kier molecular flexibility index (Phi) is 5.15. The molecule has 0 atom stereocenters. The van der Waals surface area contributed by atoms with E-state index in [0.29, 0.717) is 6.61 Å². The maximum absolute atomic E-state index is 12.2. The van der Waals surface area contributed by atoms with Gasteiger partial charge in [-0.2, -0.15) is 0 Å². The van der Waals surface area contributed by atoms with E-state index in [9.17, 15) is 4.79 Å². The number of hydrogen-bond donors (Lipinski definition) is 0. The van der Waals surface area contributed by atoms with Gasteiger partial charge in [0.05, 0.1) is 6.61 Å². The molecule has 0 bridgehead atoms. The maximum Gasteiger partial charge on any atom is 0.190 e. The minimum atomic E-state index is 0.0731. The van der Waals surface area contributed by atoms with E-state index < -0.39 is 0 Å². The second kappa shape index (κ2) is 6.86. The van der Waals surface area contributed by atoms with Crippen molar-refractivity contribution in [3.05, 3.63) is 45.4 Å². The third-order valence-electron chi connectivity index (χ3n) is 3.50. The van der Waals surface area contributed by atoms with Crippen molar-refractivity contribution < 1.29 is 9.53 Å². The summed E-state index contributed by atoms with van der Waals surface area (Å²) in [7, 11) is 0. The average Bonchev–Trinajstić information content (AvgIpc) is 3.03. The Bertz CT molecular complexity index is 570. The molecule has 2 aromatic rings. The number of carbonyl (C=O) groups excluding carboxylic acids is 1. The molecule has 0 saturated carbocycles. The number of Topliss-reactive ketones (excluding diaryl/α,β-unsaturated/α-hetero) is 1. The Morgan fingerprint density at radius 1 is 1.40 bits per heavy atom. The van der Waals surface area contributed by atoms with Crippen LogP contribution < -0.4 is 0 Å². The van der Waals surface area contributed by atoms with Crippen LogP contribution in [0.1, 0.15) is 33.5 Å². The van der Waals surface area contributed by atoms with Crippen molar-refractivity contribution >= 4 is 17.1 Å². The van der Waals surface area contributed by atoms with Crippen molar-refractivity contribution in [2.45, 2.75) is 33.7 Å².